The van der Waals surface area contributed by atoms with Crippen LogP contribution in [-0.2, 0) is 18.4 Å². The van der Waals surface area contributed by atoms with Crippen molar-refractivity contribution in [3.63, 3.8) is 0 Å². The smallest absolute Gasteiger partial charge is 0.233 e. The summed E-state index contributed by atoms with van der Waals surface area (Å²) in [5, 5.41) is 4.17. The molecule has 1 fully saturated rings. The van der Waals surface area contributed by atoms with Gasteiger partial charge in [-0.1, -0.05) is 59.8 Å². The maximum Gasteiger partial charge on any atom is 0.233 e. The summed E-state index contributed by atoms with van der Waals surface area (Å²) in [6.45, 7) is 0.540. The molecule has 4 rings (SSSR count). The Morgan fingerprint density at radius 1 is 0.957 bits per heavy atom. The van der Waals surface area contributed by atoms with Crippen LogP contribution in [0.3, 0.4) is 0 Å². The highest BCUT2D eigenvalue weighted by molar-refractivity contribution is 5.55. The van der Waals surface area contributed by atoms with Gasteiger partial charge in [0.25, 0.3) is 0 Å². The van der Waals surface area contributed by atoms with E-state index in [9.17, 15) is 0 Å². The van der Waals surface area contributed by atoms with E-state index in [1.807, 2.05) is 30.3 Å². The summed E-state index contributed by atoms with van der Waals surface area (Å²) in [6.07, 6.45) is 3.17. The van der Waals surface area contributed by atoms with E-state index in [1.54, 1.807) is 0 Å². The van der Waals surface area contributed by atoms with Gasteiger partial charge >= 0.3 is 0 Å². The first-order valence-corrected chi connectivity index (χ1v) is 7.97. The predicted octanol–water partition coefficient (Wildman–Crippen LogP) is 3.47. The summed E-state index contributed by atoms with van der Waals surface area (Å²) in [5.41, 5.74) is 9.04. The normalized spacial score (nSPS) is 15.5. The van der Waals surface area contributed by atoms with Crippen molar-refractivity contribution in [1.82, 2.24) is 10.1 Å². The van der Waals surface area contributed by atoms with Crippen molar-refractivity contribution in [2.75, 3.05) is 0 Å². The van der Waals surface area contributed by atoms with E-state index in [0.29, 0.717) is 12.4 Å². The Bertz CT molecular complexity index is 789. The lowest BCUT2D eigenvalue weighted by Gasteiger charge is -2.09. The van der Waals surface area contributed by atoms with Crippen molar-refractivity contribution >= 4 is 0 Å². The molecule has 0 spiro atoms. The number of nitrogens with zero attached hydrogens (tertiary/aromatic N) is 2. The first-order chi connectivity index (χ1) is 11.3. The second-order valence-electron chi connectivity index (χ2n) is 6.27. The molecule has 2 N–H and O–H groups in total. The van der Waals surface area contributed by atoms with Crippen LogP contribution in [0.25, 0.3) is 11.4 Å². The first kappa shape index (κ1) is 14.2. The second-order valence-corrected chi connectivity index (χ2v) is 6.27. The number of benzene rings is 2. The number of hydrogen-bond acceptors (Lipinski definition) is 4. The third kappa shape index (κ3) is 2.78. The van der Waals surface area contributed by atoms with E-state index in [0.717, 1.165) is 36.3 Å². The van der Waals surface area contributed by atoms with Crippen LogP contribution in [0.15, 0.2) is 59.1 Å². The molecule has 0 bridgehead atoms. The summed E-state index contributed by atoms with van der Waals surface area (Å²) in [6, 6.07) is 18.5. The Labute approximate surface area is 135 Å². The molecule has 1 saturated carbocycles. The summed E-state index contributed by atoms with van der Waals surface area (Å²) >= 11 is 0. The minimum Gasteiger partial charge on any atom is -0.338 e. The Hall–Kier alpha value is -2.46. The van der Waals surface area contributed by atoms with Gasteiger partial charge in [-0.25, -0.2) is 0 Å². The molecule has 0 amide bonds. The molecule has 0 saturated heterocycles. The second kappa shape index (κ2) is 5.63. The summed E-state index contributed by atoms with van der Waals surface area (Å²) < 4.78 is 5.59. The average molecular weight is 305 g/mol. The van der Waals surface area contributed by atoms with Crippen molar-refractivity contribution in [2.24, 2.45) is 5.73 Å². The third-order valence-electron chi connectivity index (χ3n) is 4.57. The zero-order valence-corrected chi connectivity index (χ0v) is 12.9. The molecule has 0 aliphatic heterocycles. The SMILES string of the molecule is NCc1ccc(-c2noc(C3(Cc4ccccc4)CC3)n2)cc1. The van der Waals surface area contributed by atoms with E-state index in [-0.39, 0.29) is 5.41 Å². The van der Waals surface area contributed by atoms with E-state index in [4.69, 9.17) is 10.3 Å². The van der Waals surface area contributed by atoms with Gasteiger partial charge in [0.1, 0.15) is 0 Å². The van der Waals surface area contributed by atoms with Gasteiger partial charge in [0.15, 0.2) is 0 Å². The highest BCUT2D eigenvalue weighted by Crippen LogP contribution is 2.50. The third-order valence-corrected chi connectivity index (χ3v) is 4.57. The lowest BCUT2D eigenvalue weighted by atomic mass is 9.96. The van der Waals surface area contributed by atoms with Gasteiger partial charge in [-0.05, 0) is 30.4 Å². The molecule has 0 atom stereocenters. The largest absolute Gasteiger partial charge is 0.338 e. The van der Waals surface area contributed by atoms with Crippen molar-refractivity contribution in [2.45, 2.75) is 31.2 Å². The van der Waals surface area contributed by atoms with Crippen LogP contribution in [0, 0.1) is 0 Å². The van der Waals surface area contributed by atoms with Gasteiger partial charge in [0.2, 0.25) is 11.7 Å². The number of nitrogens with two attached hydrogens (primary N) is 1. The Kier molecular flexibility index (Phi) is 3.46. The fourth-order valence-electron chi connectivity index (χ4n) is 2.95. The molecule has 0 unspecified atom stereocenters. The summed E-state index contributed by atoms with van der Waals surface area (Å²) in [5.74, 6) is 1.42. The van der Waals surface area contributed by atoms with Crippen molar-refractivity contribution < 1.29 is 4.52 Å². The zero-order valence-electron chi connectivity index (χ0n) is 12.9. The molecule has 1 aliphatic rings. The van der Waals surface area contributed by atoms with Gasteiger partial charge in [0.05, 0.1) is 5.41 Å². The Morgan fingerprint density at radius 3 is 2.35 bits per heavy atom. The summed E-state index contributed by atoms with van der Waals surface area (Å²) in [4.78, 5) is 4.66. The molecule has 2 aromatic carbocycles. The quantitative estimate of drug-likeness (QED) is 0.784. The summed E-state index contributed by atoms with van der Waals surface area (Å²) in [7, 11) is 0. The maximum atomic E-state index is 5.63. The van der Waals surface area contributed by atoms with Gasteiger partial charge in [-0.15, -0.1) is 0 Å². The zero-order chi connectivity index (χ0) is 15.7. The average Bonchev–Trinajstić information content (AvgIpc) is 3.21. The number of hydrogen-bond donors (Lipinski definition) is 1. The number of rotatable bonds is 5. The van der Waals surface area contributed by atoms with Gasteiger partial charge in [-0.2, -0.15) is 4.98 Å². The van der Waals surface area contributed by atoms with Gasteiger partial charge in [0, 0.05) is 12.1 Å². The van der Waals surface area contributed by atoms with Crippen LogP contribution in [0.4, 0.5) is 0 Å². The maximum absolute atomic E-state index is 5.63. The molecule has 116 valence electrons. The van der Waals surface area contributed by atoms with Gasteiger partial charge in [-0.3, -0.25) is 0 Å². The van der Waals surface area contributed by atoms with Crippen molar-refractivity contribution in [1.29, 1.82) is 0 Å². The molecule has 4 nitrogen and oxygen atoms in total. The fraction of sp³-hybridized carbons (Fsp3) is 0.263. The minimum absolute atomic E-state index is 0.0316. The van der Waals surface area contributed by atoms with Crippen LogP contribution in [0.2, 0.25) is 0 Å². The van der Waals surface area contributed by atoms with E-state index < -0.39 is 0 Å². The highest BCUT2D eigenvalue weighted by Gasteiger charge is 2.49. The highest BCUT2D eigenvalue weighted by atomic mass is 16.5. The molecule has 1 heterocycles. The van der Waals surface area contributed by atoms with Crippen LogP contribution in [0.5, 0.6) is 0 Å². The Balaban J connectivity index is 1.57. The van der Waals surface area contributed by atoms with Crippen LogP contribution in [0.1, 0.15) is 29.9 Å². The van der Waals surface area contributed by atoms with Crippen molar-refractivity contribution in [3.05, 3.63) is 71.6 Å². The molecule has 23 heavy (non-hydrogen) atoms. The molecule has 0 radical (unpaired) electrons. The van der Waals surface area contributed by atoms with Crippen LogP contribution < -0.4 is 5.73 Å². The fourth-order valence-corrected chi connectivity index (χ4v) is 2.95. The molecular formula is C19H19N3O. The first-order valence-electron chi connectivity index (χ1n) is 7.97. The standard InChI is InChI=1S/C19H19N3O/c20-13-15-6-8-16(9-7-15)17-21-18(23-22-17)19(10-11-19)12-14-4-2-1-3-5-14/h1-9H,10-13,20H2. The number of aromatic nitrogens is 2. The van der Waals surface area contributed by atoms with Crippen LogP contribution in [-0.4, -0.2) is 10.1 Å². The molecule has 4 heteroatoms. The lowest BCUT2D eigenvalue weighted by Crippen LogP contribution is -2.11. The predicted molar refractivity (Wildman–Crippen MR) is 88.7 cm³/mol. The van der Waals surface area contributed by atoms with E-state index in [2.05, 4.69) is 34.4 Å². The lowest BCUT2D eigenvalue weighted by molar-refractivity contribution is 0.344. The molecule has 1 aliphatic carbocycles. The monoisotopic (exact) mass is 305 g/mol. The molecular weight excluding hydrogens is 286 g/mol. The Morgan fingerprint density at radius 2 is 1.70 bits per heavy atom. The van der Waals surface area contributed by atoms with Crippen molar-refractivity contribution in [3.8, 4) is 11.4 Å². The minimum atomic E-state index is 0.0316. The van der Waals surface area contributed by atoms with Gasteiger partial charge < -0.3 is 10.3 Å². The van der Waals surface area contributed by atoms with E-state index >= 15 is 0 Å². The molecule has 3 aromatic rings. The van der Waals surface area contributed by atoms with Crippen LogP contribution >= 0.6 is 0 Å². The topological polar surface area (TPSA) is 64.9 Å². The van der Waals surface area contributed by atoms with E-state index in [1.165, 1.54) is 5.56 Å². The molecule has 1 aromatic heterocycles.